The Morgan fingerprint density at radius 1 is 0.946 bits per heavy atom. The summed E-state index contributed by atoms with van der Waals surface area (Å²) in [5.41, 5.74) is 6.23. The first-order chi connectivity index (χ1) is 17.4. The zero-order valence-electron chi connectivity index (χ0n) is 21.9. The van der Waals surface area contributed by atoms with Crippen LogP contribution in [0, 0.1) is 13.8 Å². The van der Waals surface area contributed by atoms with Crippen LogP contribution in [0.1, 0.15) is 41.4 Å². The van der Waals surface area contributed by atoms with Crippen LogP contribution in [0.3, 0.4) is 0 Å². The van der Waals surface area contributed by atoms with Gasteiger partial charge in [-0.1, -0.05) is 66.5 Å². The fourth-order valence-electron chi connectivity index (χ4n) is 5.24. The van der Waals surface area contributed by atoms with Crippen molar-refractivity contribution in [2.24, 2.45) is 0 Å². The SMILES string of the molecule is CCCn1c(C)c(C(=O)NCCCN2CCN(c3cccc(Cl)c3Cl)CC2)c(C)c1-c1ccccc1.Cl. The van der Waals surface area contributed by atoms with Crippen molar-refractivity contribution in [1.82, 2.24) is 14.8 Å². The largest absolute Gasteiger partial charge is 0.368 e. The maximum atomic E-state index is 13.2. The lowest BCUT2D eigenvalue weighted by atomic mass is 10.0. The number of anilines is 1. The van der Waals surface area contributed by atoms with Gasteiger partial charge in [0, 0.05) is 45.0 Å². The summed E-state index contributed by atoms with van der Waals surface area (Å²) in [4.78, 5) is 18.0. The van der Waals surface area contributed by atoms with E-state index < -0.39 is 0 Å². The van der Waals surface area contributed by atoms with Gasteiger partial charge < -0.3 is 14.8 Å². The van der Waals surface area contributed by atoms with Crippen molar-refractivity contribution in [3.8, 4) is 11.3 Å². The molecule has 37 heavy (non-hydrogen) atoms. The molecule has 1 fully saturated rings. The molecule has 200 valence electrons. The van der Waals surface area contributed by atoms with Gasteiger partial charge in [0.05, 0.1) is 27.0 Å². The standard InChI is InChI=1S/C29H36Cl2N4O.ClH/c1-4-15-35-22(3)26(21(2)28(35)23-10-6-5-7-11-23)29(36)32-14-9-16-33-17-19-34(20-18-33)25-13-8-12-24(30)27(25)31;/h5-8,10-13H,4,9,14-20H2,1-3H3,(H,32,36);1H. The predicted octanol–water partition coefficient (Wildman–Crippen LogP) is 6.85. The van der Waals surface area contributed by atoms with Gasteiger partial charge in [-0.3, -0.25) is 9.69 Å². The molecular formula is C29H37Cl3N4O. The molecule has 0 saturated carbocycles. The lowest BCUT2D eigenvalue weighted by Crippen LogP contribution is -2.47. The number of nitrogens with one attached hydrogen (secondary N) is 1. The monoisotopic (exact) mass is 562 g/mol. The van der Waals surface area contributed by atoms with Crippen LogP contribution in [-0.4, -0.2) is 54.6 Å². The third-order valence-electron chi connectivity index (χ3n) is 7.07. The number of benzene rings is 2. The van der Waals surface area contributed by atoms with Crippen LogP contribution in [0.4, 0.5) is 5.69 Å². The normalized spacial score (nSPS) is 13.9. The minimum absolute atomic E-state index is 0. The molecule has 0 unspecified atom stereocenters. The minimum Gasteiger partial charge on any atom is -0.368 e. The van der Waals surface area contributed by atoms with E-state index in [9.17, 15) is 4.79 Å². The molecule has 1 N–H and O–H groups in total. The summed E-state index contributed by atoms with van der Waals surface area (Å²) in [5, 5.41) is 4.41. The summed E-state index contributed by atoms with van der Waals surface area (Å²) in [6.45, 7) is 12.6. The number of piperazine rings is 1. The topological polar surface area (TPSA) is 40.5 Å². The van der Waals surface area contributed by atoms with E-state index >= 15 is 0 Å². The van der Waals surface area contributed by atoms with E-state index in [1.807, 2.05) is 24.3 Å². The van der Waals surface area contributed by atoms with Crippen LogP contribution < -0.4 is 10.2 Å². The van der Waals surface area contributed by atoms with Gasteiger partial charge in [-0.15, -0.1) is 12.4 Å². The van der Waals surface area contributed by atoms with E-state index in [1.165, 1.54) is 0 Å². The van der Waals surface area contributed by atoms with Crippen molar-refractivity contribution in [2.75, 3.05) is 44.2 Å². The molecule has 3 aromatic rings. The highest BCUT2D eigenvalue weighted by molar-refractivity contribution is 6.43. The number of carbonyl (C=O) groups excluding carboxylic acids is 1. The van der Waals surface area contributed by atoms with Gasteiger partial charge >= 0.3 is 0 Å². The van der Waals surface area contributed by atoms with Crippen molar-refractivity contribution in [3.63, 3.8) is 0 Å². The van der Waals surface area contributed by atoms with Crippen molar-refractivity contribution in [2.45, 2.75) is 40.2 Å². The number of hydrogen-bond acceptors (Lipinski definition) is 3. The molecule has 1 saturated heterocycles. The molecule has 8 heteroatoms. The van der Waals surface area contributed by atoms with E-state index in [0.29, 0.717) is 16.6 Å². The highest BCUT2D eigenvalue weighted by Gasteiger charge is 2.23. The molecular weight excluding hydrogens is 527 g/mol. The lowest BCUT2D eigenvalue weighted by Gasteiger charge is -2.36. The van der Waals surface area contributed by atoms with E-state index in [2.05, 4.69) is 64.7 Å². The summed E-state index contributed by atoms with van der Waals surface area (Å²) < 4.78 is 2.30. The lowest BCUT2D eigenvalue weighted by molar-refractivity contribution is 0.0950. The molecule has 1 aromatic heterocycles. The molecule has 0 aliphatic carbocycles. The second-order valence-corrected chi connectivity index (χ2v) is 10.2. The van der Waals surface area contributed by atoms with Crippen molar-refractivity contribution in [3.05, 3.63) is 75.4 Å². The second kappa shape index (κ2) is 13.6. The fraction of sp³-hybridized carbons (Fsp3) is 0.414. The van der Waals surface area contributed by atoms with Gasteiger partial charge in [-0.25, -0.2) is 0 Å². The summed E-state index contributed by atoms with van der Waals surface area (Å²) in [6, 6.07) is 16.2. The average Bonchev–Trinajstić information content (AvgIpc) is 3.13. The third kappa shape index (κ3) is 6.64. The Bertz CT molecular complexity index is 1190. The Kier molecular flexibility index (Phi) is 10.8. The molecule has 4 rings (SSSR count). The molecule has 0 bridgehead atoms. The first-order valence-corrected chi connectivity index (χ1v) is 13.6. The third-order valence-corrected chi connectivity index (χ3v) is 7.88. The Balaban J connectivity index is 0.00000380. The molecule has 1 aliphatic heterocycles. The van der Waals surface area contributed by atoms with E-state index in [0.717, 1.165) is 85.9 Å². The Labute approximate surface area is 237 Å². The molecule has 0 radical (unpaired) electrons. The second-order valence-electron chi connectivity index (χ2n) is 9.46. The summed E-state index contributed by atoms with van der Waals surface area (Å²) >= 11 is 12.6. The van der Waals surface area contributed by atoms with Gasteiger partial charge in [-0.2, -0.15) is 0 Å². The number of carbonyl (C=O) groups is 1. The molecule has 1 amide bonds. The number of hydrogen-bond donors (Lipinski definition) is 1. The van der Waals surface area contributed by atoms with E-state index in [1.54, 1.807) is 0 Å². The number of nitrogens with zero attached hydrogens (tertiary/aromatic N) is 3. The maximum Gasteiger partial charge on any atom is 0.253 e. The zero-order valence-corrected chi connectivity index (χ0v) is 24.2. The number of rotatable bonds is 9. The molecule has 0 spiro atoms. The van der Waals surface area contributed by atoms with Gasteiger partial charge in [0.25, 0.3) is 5.91 Å². The Morgan fingerprint density at radius 3 is 2.32 bits per heavy atom. The molecule has 1 aliphatic rings. The van der Waals surface area contributed by atoms with Gasteiger partial charge in [-0.05, 0) is 56.5 Å². The molecule has 5 nitrogen and oxygen atoms in total. The van der Waals surface area contributed by atoms with Crippen LogP contribution in [0.2, 0.25) is 10.0 Å². The highest BCUT2D eigenvalue weighted by Crippen LogP contribution is 2.33. The van der Waals surface area contributed by atoms with E-state index in [-0.39, 0.29) is 18.3 Å². The van der Waals surface area contributed by atoms with Crippen LogP contribution in [0.15, 0.2) is 48.5 Å². The fourth-order valence-corrected chi connectivity index (χ4v) is 5.66. The zero-order chi connectivity index (χ0) is 25.7. The van der Waals surface area contributed by atoms with Crippen molar-refractivity contribution < 1.29 is 4.79 Å². The van der Waals surface area contributed by atoms with Crippen LogP contribution in [0.25, 0.3) is 11.3 Å². The van der Waals surface area contributed by atoms with Gasteiger partial charge in [0.15, 0.2) is 0 Å². The summed E-state index contributed by atoms with van der Waals surface area (Å²) in [7, 11) is 0. The first-order valence-electron chi connectivity index (χ1n) is 12.9. The van der Waals surface area contributed by atoms with Gasteiger partial charge in [0.1, 0.15) is 0 Å². The minimum atomic E-state index is 0. The Morgan fingerprint density at radius 2 is 1.65 bits per heavy atom. The van der Waals surface area contributed by atoms with Crippen molar-refractivity contribution >= 4 is 47.2 Å². The predicted molar refractivity (Wildman–Crippen MR) is 159 cm³/mol. The maximum absolute atomic E-state index is 13.2. The Hall–Kier alpha value is -2.18. The molecule has 2 aromatic carbocycles. The van der Waals surface area contributed by atoms with Gasteiger partial charge in [0.2, 0.25) is 0 Å². The summed E-state index contributed by atoms with van der Waals surface area (Å²) in [5.74, 6) is 0.0254. The summed E-state index contributed by atoms with van der Waals surface area (Å²) in [6.07, 6.45) is 1.94. The molecule has 2 heterocycles. The van der Waals surface area contributed by atoms with Crippen molar-refractivity contribution in [1.29, 1.82) is 0 Å². The smallest absolute Gasteiger partial charge is 0.253 e. The first kappa shape index (κ1) is 29.4. The highest BCUT2D eigenvalue weighted by atomic mass is 35.5. The van der Waals surface area contributed by atoms with Crippen LogP contribution >= 0.6 is 35.6 Å². The average molecular weight is 564 g/mol. The number of aromatic nitrogens is 1. The quantitative estimate of drug-likeness (QED) is 0.289. The number of amides is 1. The van der Waals surface area contributed by atoms with Crippen LogP contribution in [0.5, 0.6) is 0 Å². The van der Waals surface area contributed by atoms with Crippen LogP contribution in [-0.2, 0) is 6.54 Å². The van der Waals surface area contributed by atoms with E-state index in [4.69, 9.17) is 23.2 Å². The number of halogens is 3. The molecule has 0 atom stereocenters.